The number of carbonyl (C=O) groups excluding carboxylic acids is 1. The molecule has 0 bridgehead atoms. The average molecular weight is 362 g/mol. The van der Waals surface area contributed by atoms with Gasteiger partial charge in [-0.25, -0.2) is 4.98 Å². The predicted molar refractivity (Wildman–Crippen MR) is 106 cm³/mol. The first-order valence-corrected chi connectivity index (χ1v) is 9.96. The normalized spacial score (nSPS) is 16.8. The fraction of sp³-hybridized carbons (Fsp3) is 0.273. The standard InChI is InChI=1S/C22H22N2OS/c1-16-9-11-18(12-10-16)21-23-20(15-26-21)22(25)24-13-5-8-19(24)14-17-6-3-2-4-7-17/h2-4,6-7,9-12,15,19H,5,8,13-14H2,1H3. The van der Waals surface area contributed by atoms with E-state index < -0.39 is 0 Å². The maximum Gasteiger partial charge on any atom is 0.273 e. The number of likely N-dealkylation sites (tertiary alicyclic amines) is 1. The molecule has 4 rings (SSSR count). The highest BCUT2D eigenvalue weighted by molar-refractivity contribution is 7.13. The number of rotatable bonds is 4. The van der Waals surface area contributed by atoms with Crippen molar-refractivity contribution in [3.63, 3.8) is 0 Å². The van der Waals surface area contributed by atoms with E-state index in [1.807, 2.05) is 16.3 Å². The van der Waals surface area contributed by atoms with Crippen LogP contribution in [-0.2, 0) is 6.42 Å². The minimum Gasteiger partial charge on any atom is -0.334 e. The number of hydrogen-bond donors (Lipinski definition) is 0. The first-order chi connectivity index (χ1) is 12.7. The lowest BCUT2D eigenvalue weighted by molar-refractivity contribution is 0.0731. The minimum absolute atomic E-state index is 0.0676. The fourth-order valence-electron chi connectivity index (χ4n) is 3.55. The third-order valence-electron chi connectivity index (χ3n) is 4.97. The van der Waals surface area contributed by atoms with Gasteiger partial charge in [0.25, 0.3) is 5.91 Å². The summed E-state index contributed by atoms with van der Waals surface area (Å²) in [5, 5.41) is 2.81. The topological polar surface area (TPSA) is 33.2 Å². The molecule has 0 spiro atoms. The molecule has 1 aromatic heterocycles. The van der Waals surface area contributed by atoms with Crippen molar-refractivity contribution in [1.29, 1.82) is 0 Å². The molecule has 1 amide bonds. The summed E-state index contributed by atoms with van der Waals surface area (Å²) in [5.74, 6) is 0.0676. The van der Waals surface area contributed by atoms with Gasteiger partial charge in [0, 0.05) is 23.5 Å². The lowest BCUT2D eigenvalue weighted by atomic mass is 10.0. The summed E-state index contributed by atoms with van der Waals surface area (Å²) in [6.45, 7) is 2.90. The molecule has 1 unspecified atom stereocenters. The van der Waals surface area contributed by atoms with Gasteiger partial charge >= 0.3 is 0 Å². The molecule has 0 saturated carbocycles. The Morgan fingerprint density at radius 3 is 2.69 bits per heavy atom. The number of thiazole rings is 1. The van der Waals surface area contributed by atoms with Crippen molar-refractivity contribution in [2.75, 3.05) is 6.54 Å². The molecule has 2 aromatic carbocycles. The van der Waals surface area contributed by atoms with Gasteiger partial charge in [0.1, 0.15) is 10.7 Å². The Morgan fingerprint density at radius 2 is 1.92 bits per heavy atom. The van der Waals surface area contributed by atoms with Crippen LogP contribution in [0, 0.1) is 6.92 Å². The zero-order chi connectivity index (χ0) is 17.9. The Morgan fingerprint density at radius 1 is 1.15 bits per heavy atom. The highest BCUT2D eigenvalue weighted by Gasteiger charge is 2.30. The molecular formula is C22H22N2OS. The SMILES string of the molecule is Cc1ccc(-c2nc(C(=O)N3CCCC3Cc3ccccc3)cs2)cc1. The quantitative estimate of drug-likeness (QED) is 0.657. The molecule has 0 radical (unpaired) electrons. The maximum atomic E-state index is 13.0. The maximum absolute atomic E-state index is 13.0. The van der Waals surface area contributed by atoms with Crippen LogP contribution in [0.4, 0.5) is 0 Å². The van der Waals surface area contributed by atoms with Crippen LogP contribution in [0.3, 0.4) is 0 Å². The monoisotopic (exact) mass is 362 g/mol. The molecular weight excluding hydrogens is 340 g/mol. The molecule has 132 valence electrons. The number of aromatic nitrogens is 1. The van der Waals surface area contributed by atoms with E-state index in [0.717, 1.165) is 36.4 Å². The van der Waals surface area contributed by atoms with Gasteiger partial charge in [-0.2, -0.15) is 0 Å². The average Bonchev–Trinajstić information content (AvgIpc) is 3.32. The Hall–Kier alpha value is -2.46. The number of aryl methyl sites for hydroxylation is 1. The molecule has 1 fully saturated rings. The Kier molecular flexibility index (Phi) is 4.85. The van der Waals surface area contributed by atoms with E-state index in [4.69, 9.17) is 0 Å². The second-order valence-corrected chi connectivity index (χ2v) is 7.75. The van der Waals surface area contributed by atoms with Crippen molar-refractivity contribution in [3.05, 3.63) is 76.8 Å². The van der Waals surface area contributed by atoms with E-state index in [-0.39, 0.29) is 11.9 Å². The number of benzene rings is 2. The third-order valence-corrected chi connectivity index (χ3v) is 5.87. The van der Waals surface area contributed by atoms with Gasteiger partial charge in [0.2, 0.25) is 0 Å². The van der Waals surface area contributed by atoms with Crippen molar-refractivity contribution in [2.45, 2.75) is 32.2 Å². The van der Waals surface area contributed by atoms with E-state index in [1.54, 1.807) is 11.3 Å². The molecule has 1 aliphatic heterocycles. The third kappa shape index (κ3) is 3.56. The van der Waals surface area contributed by atoms with E-state index in [2.05, 4.69) is 60.4 Å². The van der Waals surface area contributed by atoms with Crippen LogP contribution in [0.5, 0.6) is 0 Å². The predicted octanol–water partition coefficient (Wildman–Crippen LogP) is 4.97. The molecule has 1 aliphatic rings. The van der Waals surface area contributed by atoms with Crippen molar-refractivity contribution >= 4 is 17.2 Å². The highest BCUT2D eigenvalue weighted by Crippen LogP contribution is 2.27. The summed E-state index contributed by atoms with van der Waals surface area (Å²) in [5.41, 5.74) is 4.16. The lowest BCUT2D eigenvalue weighted by Gasteiger charge is -2.24. The van der Waals surface area contributed by atoms with E-state index in [9.17, 15) is 4.79 Å². The minimum atomic E-state index is 0.0676. The number of amides is 1. The van der Waals surface area contributed by atoms with Gasteiger partial charge in [-0.05, 0) is 31.7 Å². The first kappa shape index (κ1) is 17.0. The van der Waals surface area contributed by atoms with Crippen molar-refractivity contribution in [2.24, 2.45) is 0 Å². The van der Waals surface area contributed by atoms with Crippen LogP contribution in [-0.4, -0.2) is 28.4 Å². The second-order valence-electron chi connectivity index (χ2n) is 6.89. The summed E-state index contributed by atoms with van der Waals surface area (Å²) in [6, 6.07) is 19.0. The fourth-order valence-corrected chi connectivity index (χ4v) is 4.35. The highest BCUT2D eigenvalue weighted by atomic mass is 32.1. The summed E-state index contributed by atoms with van der Waals surface area (Å²) >= 11 is 1.54. The van der Waals surface area contributed by atoms with Crippen LogP contribution in [0.1, 0.15) is 34.5 Å². The molecule has 3 aromatic rings. The molecule has 0 N–H and O–H groups in total. The van der Waals surface area contributed by atoms with Crippen LogP contribution in [0.25, 0.3) is 10.6 Å². The lowest BCUT2D eigenvalue weighted by Crippen LogP contribution is -2.37. The molecule has 4 heteroatoms. The van der Waals surface area contributed by atoms with E-state index in [0.29, 0.717) is 5.69 Å². The van der Waals surface area contributed by atoms with Crippen molar-refractivity contribution in [3.8, 4) is 10.6 Å². The number of hydrogen-bond acceptors (Lipinski definition) is 3. The Balaban J connectivity index is 1.51. The van der Waals surface area contributed by atoms with Gasteiger partial charge in [-0.15, -0.1) is 11.3 Å². The summed E-state index contributed by atoms with van der Waals surface area (Å²) < 4.78 is 0. The zero-order valence-corrected chi connectivity index (χ0v) is 15.7. The largest absolute Gasteiger partial charge is 0.334 e. The number of carbonyl (C=O) groups is 1. The van der Waals surface area contributed by atoms with Gasteiger partial charge < -0.3 is 4.90 Å². The summed E-state index contributed by atoms with van der Waals surface area (Å²) in [4.78, 5) is 19.7. The van der Waals surface area contributed by atoms with E-state index in [1.165, 1.54) is 11.1 Å². The van der Waals surface area contributed by atoms with Crippen molar-refractivity contribution < 1.29 is 4.79 Å². The summed E-state index contributed by atoms with van der Waals surface area (Å²) in [6.07, 6.45) is 3.05. The van der Waals surface area contributed by atoms with Crippen LogP contribution in [0.15, 0.2) is 60.0 Å². The Labute approximate surface area is 158 Å². The van der Waals surface area contributed by atoms with Gasteiger partial charge in [-0.3, -0.25) is 4.79 Å². The molecule has 0 aliphatic carbocycles. The summed E-state index contributed by atoms with van der Waals surface area (Å²) in [7, 11) is 0. The van der Waals surface area contributed by atoms with Gasteiger partial charge in [-0.1, -0.05) is 60.2 Å². The van der Waals surface area contributed by atoms with Crippen LogP contribution < -0.4 is 0 Å². The number of nitrogens with zero attached hydrogens (tertiary/aromatic N) is 2. The molecule has 3 nitrogen and oxygen atoms in total. The molecule has 1 atom stereocenters. The smallest absolute Gasteiger partial charge is 0.273 e. The molecule has 2 heterocycles. The van der Waals surface area contributed by atoms with Crippen LogP contribution >= 0.6 is 11.3 Å². The zero-order valence-electron chi connectivity index (χ0n) is 14.9. The second kappa shape index (κ2) is 7.42. The van der Waals surface area contributed by atoms with E-state index >= 15 is 0 Å². The molecule has 1 saturated heterocycles. The van der Waals surface area contributed by atoms with Crippen molar-refractivity contribution in [1.82, 2.24) is 9.88 Å². The molecule has 26 heavy (non-hydrogen) atoms. The first-order valence-electron chi connectivity index (χ1n) is 9.08. The van der Waals surface area contributed by atoms with Gasteiger partial charge in [0.05, 0.1) is 0 Å². The van der Waals surface area contributed by atoms with Gasteiger partial charge in [0.15, 0.2) is 0 Å². The Bertz CT molecular complexity index is 886. The van der Waals surface area contributed by atoms with Crippen LogP contribution in [0.2, 0.25) is 0 Å².